The number of thiophene rings is 1. The van der Waals surface area contributed by atoms with Crippen molar-refractivity contribution in [2.45, 2.75) is 25.2 Å². The lowest BCUT2D eigenvalue weighted by atomic mass is 10.1. The molecule has 2 aromatic rings. The van der Waals surface area contributed by atoms with Crippen molar-refractivity contribution in [1.82, 2.24) is 14.7 Å². The minimum absolute atomic E-state index is 0.0634. The molecule has 3 heterocycles. The largest absolute Gasteiger partial charge is 0.433 e. The van der Waals surface area contributed by atoms with Gasteiger partial charge in [-0.1, -0.05) is 0 Å². The van der Waals surface area contributed by atoms with Gasteiger partial charge < -0.3 is 4.90 Å². The normalized spacial score (nSPS) is 18.9. The SMILES string of the molecule is Cn1nc(-c2ccc(C(=O)N3CCCC(F)C3)s2)cc1C(F)(F)F. The summed E-state index contributed by atoms with van der Waals surface area (Å²) in [6, 6.07) is 4.07. The molecule has 130 valence electrons. The van der Waals surface area contributed by atoms with Crippen molar-refractivity contribution < 1.29 is 22.4 Å². The van der Waals surface area contributed by atoms with Crippen LogP contribution < -0.4 is 0 Å². The third-order valence-corrected chi connectivity index (χ3v) is 4.99. The molecule has 4 nitrogen and oxygen atoms in total. The fraction of sp³-hybridized carbons (Fsp3) is 0.467. The molecule has 9 heteroatoms. The highest BCUT2D eigenvalue weighted by Gasteiger charge is 2.35. The molecule has 0 saturated carbocycles. The molecule has 1 unspecified atom stereocenters. The van der Waals surface area contributed by atoms with E-state index in [1.165, 1.54) is 11.9 Å². The zero-order valence-corrected chi connectivity index (χ0v) is 13.6. The Bertz CT molecular complexity index is 752. The van der Waals surface area contributed by atoms with Crippen LogP contribution in [-0.2, 0) is 13.2 Å². The smallest absolute Gasteiger partial charge is 0.335 e. The molecular formula is C15H15F4N3OS. The predicted octanol–water partition coefficient (Wildman–Crippen LogP) is 3.74. The summed E-state index contributed by atoms with van der Waals surface area (Å²) in [7, 11) is 1.22. The van der Waals surface area contributed by atoms with E-state index in [1.54, 1.807) is 12.1 Å². The molecule has 2 aromatic heterocycles. The number of nitrogens with zero attached hydrogens (tertiary/aromatic N) is 3. The van der Waals surface area contributed by atoms with Crippen LogP contribution >= 0.6 is 11.3 Å². The van der Waals surface area contributed by atoms with Crippen molar-refractivity contribution in [2.75, 3.05) is 13.1 Å². The molecule has 0 aromatic carbocycles. The zero-order chi connectivity index (χ0) is 17.5. The molecule has 1 saturated heterocycles. The van der Waals surface area contributed by atoms with Crippen molar-refractivity contribution >= 4 is 17.2 Å². The zero-order valence-electron chi connectivity index (χ0n) is 12.8. The first kappa shape index (κ1) is 16.9. The van der Waals surface area contributed by atoms with E-state index in [0.29, 0.717) is 29.1 Å². The van der Waals surface area contributed by atoms with Gasteiger partial charge in [0.05, 0.1) is 16.3 Å². The second-order valence-electron chi connectivity index (χ2n) is 5.69. The van der Waals surface area contributed by atoms with Crippen LogP contribution in [-0.4, -0.2) is 39.8 Å². The number of hydrogen-bond acceptors (Lipinski definition) is 3. The number of aryl methyl sites for hydroxylation is 1. The minimum atomic E-state index is -4.49. The van der Waals surface area contributed by atoms with E-state index in [9.17, 15) is 22.4 Å². The number of rotatable bonds is 2. The number of alkyl halides is 4. The van der Waals surface area contributed by atoms with Crippen LogP contribution in [0, 0.1) is 0 Å². The Morgan fingerprint density at radius 1 is 1.38 bits per heavy atom. The van der Waals surface area contributed by atoms with Crippen molar-refractivity contribution in [2.24, 2.45) is 7.05 Å². The lowest BCUT2D eigenvalue weighted by Gasteiger charge is -2.28. The molecule has 1 fully saturated rings. The van der Waals surface area contributed by atoms with Crippen molar-refractivity contribution in [3.8, 4) is 10.6 Å². The highest BCUT2D eigenvalue weighted by Crippen LogP contribution is 2.34. The topological polar surface area (TPSA) is 38.1 Å². The van der Waals surface area contributed by atoms with Gasteiger partial charge >= 0.3 is 6.18 Å². The lowest BCUT2D eigenvalue weighted by molar-refractivity contribution is -0.143. The van der Waals surface area contributed by atoms with Gasteiger partial charge in [-0.25, -0.2) is 4.39 Å². The Hall–Kier alpha value is -1.90. The second kappa shape index (κ2) is 6.19. The summed E-state index contributed by atoms with van der Waals surface area (Å²) in [4.78, 5) is 14.7. The van der Waals surface area contributed by atoms with Crippen LogP contribution in [0.15, 0.2) is 18.2 Å². The summed E-state index contributed by atoms with van der Waals surface area (Å²) in [6.07, 6.45) is -4.44. The first-order chi connectivity index (χ1) is 11.3. The maximum absolute atomic E-state index is 13.4. The Kier molecular flexibility index (Phi) is 4.37. The summed E-state index contributed by atoms with van der Waals surface area (Å²) < 4.78 is 52.7. The van der Waals surface area contributed by atoms with Gasteiger partial charge in [0.1, 0.15) is 17.6 Å². The summed E-state index contributed by atoms with van der Waals surface area (Å²) >= 11 is 1.06. The van der Waals surface area contributed by atoms with E-state index in [0.717, 1.165) is 22.1 Å². The summed E-state index contributed by atoms with van der Waals surface area (Å²) in [5, 5.41) is 3.87. The average Bonchev–Trinajstić information content (AvgIpc) is 3.12. The fourth-order valence-electron chi connectivity index (χ4n) is 2.71. The number of aromatic nitrogens is 2. The third kappa shape index (κ3) is 3.31. The number of amides is 1. The van der Waals surface area contributed by atoms with Crippen molar-refractivity contribution in [1.29, 1.82) is 0 Å². The van der Waals surface area contributed by atoms with E-state index in [-0.39, 0.29) is 18.1 Å². The molecule has 3 rings (SSSR count). The highest BCUT2D eigenvalue weighted by molar-refractivity contribution is 7.17. The molecule has 1 atom stereocenters. The van der Waals surface area contributed by atoms with E-state index >= 15 is 0 Å². The molecule has 24 heavy (non-hydrogen) atoms. The molecule has 1 amide bonds. The molecule has 0 aliphatic carbocycles. The van der Waals surface area contributed by atoms with Gasteiger partial charge in [-0.05, 0) is 31.0 Å². The fourth-order valence-corrected chi connectivity index (χ4v) is 3.64. The van der Waals surface area contributed by atoms with E-state index in [2.05, 4.69) is 5.10 Å². The van der Waals surface area contributed by atoms with E-state index in [4.69, 9.17) is 0 Å². The number of halogens is 4. The molecule has 1 aliphatic heterocycles. The lowest BCUT2D eigenvalue weighted by Crippen LogP contribution is -2.40. The number of carbonyl (C=O) groups excluding carboxylic acids is 1. The van der Waals surface area contributed by atoms with E-state index in [1.807, 2.05) is 0 Å². The van der Waals surface area contributed by atoms with E-state index < -0.39 is 18.0 Å². The molecule has 0 N–H and O–H groups in total. The molecule has 1 aliphatic rings. The van der Waals surface area contributed by atoms with Gasteiger partial charge in [-0.2, -0.15) is 18.3 Å². The summed E-state index contributed by atoms with van der Waals surface area (Å²) in [5.41, 5.74) is -0.689. The second-order valence-corrected chi connectivity index (χ2v) is 6.77. The first-order valence-corrected chi connectivity index (χ1v) is 8.22. The van der Waals surface area contributed by atoms with Gasteiger partial charge in [0, 0.05) is 13.6 Å². The average molecular weight is 361 g/mol. The van der Waals surface area contributed by atoms with Gasteiger partial charge in [0.15, 0.2) is 0 Å². The Morgan fingerprint density at radius 3 is 2.75 bits per heavy atom. The van der Waals surface area contributed by atoms with Crippen LogP contribution in [0.3, 0.4) is 0 Å². The standard InChI is InChI=1S/C15H15F4N3OS/c1-21-13(15(17,18)19)7-10(20-21)11-4-5-12(24-11)14(23)22-6-2-3-9(16)8-22/h4-5,7,9H,2-3,6,8H2,1H3. The number of piperidine rings is 1. The monoisotopic (exact) mass is 361 g/mol. The van der Waals surface area contributed by atoms with Crippen LogP contribution in [0.5, 0.6) is 0 Å². The van der Waals surface area contributed by atoms with Crippen molar-refractivity contribution in [3.05, 3.63) is 28.8 Å². The molecule has 0 spiro atoms. The summed E-state index contributed by atoms with van der Waals surface area (Å²) in [6.45, 7) is 0.558. The molecular weight excluding hydrogens is 346 g/mol. The number of likely N-dealkylation sites (tertiary alicyclic amines) is 1. The van der Waals surface area contributed by atoms with Gasteiger partial charge in [0.2, 0.25) is 0 Å². The van der Waals surface area contributed by atoms with Gasteiger partial charge in [0.25, 0.3) is 5.91 Å². The van der Waals surface area contributed by atoms with Crippen LogP contribution in [0.25, 0.3) is 10.6 Å². The number of hydrogen-bond donors (Lipinski definition) is 0. The van der Waals surface area contributed by atoms with Crippen LogP contribution in [0.1, 0.15) is 28.2 Å². The Labute approximate surface area is 139 Å². The third-order valence-electron chi connectivity index (χ3n) is 3.89. The predicted molar refractivity (Wildman–Crippen MR) is 81.6 cm³/mol. The van der Waals surface area contributed by atoms with Crippen LogP contribution in [0.4, 0.5) is 17.6 Å². The minimum Gasteiger partial charge on any atom is -0.335 e. The van der Waals surface area contributed by atoms with Gasteiger partial charge in [-0.3, -0.25) is 9.48 Å². The maximum Gasteiger partial charge on any atom is 0.433 e. The highest BCUT2D eigenvalue weighted by atomic mass is 32.1. The maximum atomic E-state index is 13.4. The Balaban J connectivity index is 1.82. The molecule has 0 radical (unpaired) electrons. The summed E-state index contributed by atoms with van der Waals surface area (Å²) in [5.74, 6) is -0.291. The Morgan fingerprint density at radius 2 is 2.12 bits per heavy atom. The quantitative estimate of drug-likeness (QED) is 0.765. The van der Waals surface area contributed by atoms with Gasteiger partial charge in [-0.15, -0.1) is 11.3 Å². The first-order valence-electron chi connectivity index (χ1n) is 7.40. The molecule has 0 bridgehead atoms. The van der Waals surface area contributed by atoms with Crippen LogP contribution in [0.2, 0.25) is 0 Å². The van der Waals surface area contributed by atoms with Crippen molar-refractivity contribution in [3.63, 3.8) is 0 Å². The number of carbonyl (C=O) groups is 1.